The van der Waals surface area contributed by atoms with Gasteiger partial charge in [-0.15, -0.1) is 11.3 Å². The molecule has 0 saturated carbocycles. The van der Waals surface area contributed by atoms with Gasteiger partial charge in [-0.2, -0.15) is 0 Å². The lowest BCUT2D eigenvalue weighted by atomic mass is 10.2. The molecule has 0 atom stereocenters. The number of hydrogen-bond donors (Lipinski definition) is 1. The fourth-order valence-corrected chi connectivity index (χ4v) is 3.93. The van der Waals surface area contributed by atoms with Crippen LogP contribution in [0.5, 0.6) is 5.75 Å². The van der Waals surface area contributed by atoms with Crippen LogP contribution in [0.15, 0.2) is 60.0 Å². The smallest absolute Gasteiger partial charge is 0.273 e. The largest absolute Gasteiger partial charge is 0.506 e. The zero-order valence-corrected chi connectivity index (χ0v) is 15.0. The second-order valence-electron chi connectivity index (χ2n) is 6.17. The van der Waals surface area contributed by atoms with Gasteiger partial charge in [0.15, 0.2) is 0 Å². The number of benzene rings is 2. The lowest BCUT2D eigenvalue weighted by molar-refractivity contribution is 0.0741. The first kappa shape index (κ1) is 16.6. The Morgan fingerprint density at radius 2 is 1.65 bits per heavy atom. The van der Waals surface area contributed by atoms with Crippen LogP contribution in [-0.2, 0) is 0 Å². The normalized spacial score (nSPS) is 14.5. The number of nitrogens with zero attached hydrogens (tertiary/aromatic N) is 3. The van der Waals surface area contributed by atoms with Crippen LogP contribution in [-0.4, -0.2) is 47.1 Å². The summed E-state index contributed by atoms with van der Waals surface area (Å²) in [5.41, 5.74) is 2.35. The first-order valence-corrected chi connectivity index (χ1v) is 9.43. The van der Waals surface area contributed by atoms with Crippen LogP contribution >= 0.6 is 11.3 Å². The van der Waals surface area contributed by atoms with Crippen molar-refractivity contribution in [2.45, 2.75) is 0 Å². The molecule has 1 saturated heterocycles. The van der Waals surface area contributed by atoms with Crippen LogP contribution < -0.4 is 4.90 Å². The molecule has 1 aromatic heterocycles. The molecule has 0 spiro atoms. The maximum absolute atomic E-state index is 12.8. The fourth-order valence-electron chi connectivity index (χ4n) is 3.13. The molecule has 1 aliphatic heterocycles. The van der Waals surface area contributed by atoms with Crippen LogP contribution in [0, 0.1) is 0 Å². The molecule has 1 amide bonds. The van der Waals surface area contributed by atoms with Crippen molar-refractivity contribution in [3.8, 4) is 16.3 Å². The molecular weight excluding hydrogens is 346 g/mol. The molecule has 3 aromatic rings. The highest BCUT2D eigenvalue weighted by molar-refractivity contribution is 7.13. The molecule has 0 aliphatic carbocycles. The molecule has 6 heteroatoms. The van der Waals surface area contributed by atoms with Crippen molar-refractivity contribution in [1.29, 1.82) is 0 Å². The Hall–Kier alpha value is -2.86. The van der Waals surface area contributed by atoms with Gasteiger partial charge in [-0.3, -0.25) is 4.79 Å². The van der Waals surface area contributed by atoms with E-state index in [1.54, 1.807) is 6.07 Å². The van der Waals surface area contributed by atoms with Gasteiger partial charge in [0.25, 0.3) is 5.91 Å². The van der Waals surface area contributed by atoms with E-state index in [2.05, 4.69) is 9.88 Å². The van der Waals surface area contributed by atoms with Crippen molar-refractivity contribution >= 4 is 22.9 Å². The average Bonchev–Trinajstić information content (AvgIpc) is 3.19. The van der Waals surface area contributed by atoms with Gasteiger partial charge >= 0.3 is 0 Å². The number of piperazine rings is 1. The molecule has 2 aromatic carbocycles. The van der Waals surface area contributed by atoms with Gasteiger partial charge in [0.05, 0.1) is 5.69 Å². The highest BCUT2D eigenvalue weighted by atomic mass is 32.1. The van der Waals surface area contributed by atoms with Gasteiger partial charge in [-0.1, -0.05) is 42.5 Å². The first-order valence-electron chi connectivity index (χ1n) is 8.55. The Morgan fingerprint density at radius 3 is 2.38 bits per heavy atom. The zero-order valence-electron chi connectivity index (χ0n) is 14.2. The molecule has 2 heterocycles. The number of hydrogen-bond acceptors (Lipinski definition) is 5. The first-order chi connectivity index (χ1) is 12.7. The van der Waals surface area contributed by atoms with Crippen LogP contribution in [0.2, 0.25) is 0 Å². The quantitative estimate of drug-likeness (QED) is 0.772. The van der Waals surface area contributed by atoms with Crippen molar-refractivity contribution < 1.29 is 9.90 Å². The number of para-hydroxylation sites is 2. The summed E-state index contributed by atoms with van der Waals surface area (Å²) >= 11 is 1.49. The van der Waals surface area contributed by atoms with Crippen LogP contribution in [0.25, 0.3) is 10.6 Å². The van der Waals surface area contributed by atoms with Gasteiger partial charge in [-0.05, 0) is 12.1 Å². The van der Waals surface area contributed by atoms with Gasteiger partial charge in [-0.25, -0.2) is 4.98 Å². The zero-order chi connectivity index (χ0) is 17.9. The van der Waals surface area contributed by atoms with Crippen molar-refractivity contribution in [1.82, 2.24) is 9.88 Å². The van der Waals surface area contributed by atoms with Crippen LogP contribution in [0.3, 0.4) is 0 Å². The molecule has 4 rings (SSSR count). The van der Waals surface area contributed by atoms with E-state index >= 15 is 0 Å². The summed E-state index contributed by atoms with van der Waals surface area (Å²) in [7, 11) is 0. The number of thiazole rings is 1. The predicted octanol–water partition coefficient (Wildman–Crippen LogP) is 3.48. The number of carbonyl (C=O) groups is 1. The van der Waals surface area contributed by atoms with E-state index in [1.165, 1.54) is 11.3 Å². The van der Waals surface area contributed by atoms with Gasteiger partial charge < -0.3 is 14.9 Å². The average molecular weight is 365 g/mol. The number of phenols is 1. The number of amides is 1. The highest BCUT2D eigenvalue weighted by Crippen LogP contribution is 2.28. The van der Waals surface area contributed by atoms with Gasteiger partial charge in [0.2, 0.25) is 0 Å². The Bertz CT molecular complexity index is 902. The van der Waals surface area contributed by atoms with Gasteiger partial charge in [0, 0.05) is 37.1 Å². The molecule has 0 radical (unpaired) electrons. The summed E-state index contributed by atoms with van der Waals surface area (Å²) < 4.78 is 0. The van der Waals surface area contributed by atoms with Crippen molar-refractivity contribution in [3.05, 3.63) is 65.7 Å². The van der Waals surface area contributed by atoms with Crippen molar-refractivity contribution in [2.24, 2.45) is 0 Å². The molecule has 0 unspecified atom stereocenters. The molecule has 0 bridgehead atoms. The lowest BCUT2D eigenvalue weighted by Gasteiger charge is -2.36. The second-order valence-corrected chi connectivity index (χ2v) is 7.03. The number of aromatic nitrogens is 1. The fraction of sp³-hybridized carbons (Fsp3) is 0.200. The lowest BCUT2D eigenvalue weighted by Crippen LogP contribution is -2.48. The summed E-state index contributed by atoms with van der Waals surface area (Å²) in [6.07, 6.45) is 0. The third kappa shape index (κ3) is 3.28. The Kier molecular flexibility index (Phi) is 4.58. The molecule has 5 nitrogen and oxygen atoms in total. The third-order valence-corrected chi connectivity index (χ3v) is 5.42. The monoisotopic (exact) mass is 365 g/mol. The van der Waals surface area contributed by atoms with Crippen LogP contribution in [0.1, 0.15) is 10.5 Å². The maximum atomic E-state index is 12.8. The van der Waals surface area contributed by atoms with E-state index in [1.807, 2.05) is 58.8 Å². The summed E-state index contributed by atoms with van der Waals surface area (Å²) in [5, 5.41) is 12.7. The minimum atomic E-state index is -0.0274. The summed E-state index contributed by atoms with van der Waals surface area (Å²) in [6, 6.07) is 17.2. The molecule has 1 N–H and O–H groups in total. The predicted molar refractivity (Wildman–Crippen MR) is 104 cm³/mol. The number of carbonyl (C=O) groups excluding carboxylic acids is 1. The summed E-state index contributed by atoms with van der Waals surface area (Å²) in [6.45, 7) is 2.62. The summed E-state index contributed by atoms with van der Waals surface area (Å²) in [4.78, 5) is 21.2. The Balaban J connectivity index is 1.43. The van der Waals surface area contributed by atoms with Crippen molar-refractivity contribution in [3.63, 3.8) is 0 Å². The maximum Gasteiger partial charge on any atom is 0.273 e. The van der Waals surface area contributed by atoms with E-state index in [4.69, 9.17) is 0 Å². The van der Waals surface area contributed by atoms with Gasteiger partial charge in [0.1, 0.15) is 16.5 Å². The van der Waals surface area contributed by atoms with E-state index in [-0.39, 0.29) is 11.7 Å². The number of aromatic hydroxyl groups is 1. The van der Waals surface area contributed by atoms with E-state index in [0.717, 1.165) is 16.3 Å². The molecule has 26 heavy (non-hydrogen) atoms. The Morgan fingerprint density at radius 1 is 0.962 bits per heavy atom. The van der Waals surface area contributed by atoms with Crippen LogP contribution in [0.4, 0.5) is 5.69 Å². The molecular formula is C20H19N3O2S. The number of anilines is 1. The summed E-state index contributed by atoms with van der Waals surface area (Å²) in [5.74, 6) is 0.250. The van der Waals surface area contributed by atoms with Crippen molar-refractivity contribution in [2.75, 3.05) is 31.1 Å². The topological polar surface area (TPSA) is 56.7 Å². The highest BCUT2D eigenvalue weighted by Gasteiger charge is 2.25. The Labute approximate surface area is 156 Å². The minimum absolute atomic E-state index is 0.0274. The van der Waals surface area contributed by atoms with E-state index < -0.39 is 0 Å². The second kappa shape index (κ2) is 7.17. The number of phenolic OH excluding ortho intramolecular Hbond substituents is 1. The van der Waals surface area contributed by atoms with E-state index in [9.17, 15) is 9.90 Å². The standard InChI is InChI=1S/C20H19N3O2S/c24-18-9-5-4-8-17(18)22-10-12-23(13-11-22)20(25)16-14-26-19(21-16)15-6-2-1-3-7-15/h1-9,14,24H,10-13H2. The molecule has 1 aliphatic rings. The van der Waals surface area contributed by atoms with E-state index in [0.29, 0.717) is 31.9 Å². The SMILES string of the molecule is O=C(c1csc(-c2ccccc2)n1)N1CCN(c2ccccc2O)CC1. The molecule has 132 valence electrons. The third-order valence-electron chi connectivity index (χ3n) is 4.53. The minimum Gasteiger partial charge on any atom is -0.506 e. The molecule has 1 fully saturated rings. The number of rotatable bonds is 3.